The molecular weight excluding hydrogens is 404 g/mol. The van der Waals surface area contributed by atoms with Crippen LogP contribution >= 0.6 is 0 Å². The lowest BCUT2D eigenvalue weighted by molar-refractivity contribution is -0.153. The topological polar surface area (TPSA) is 79.6 Å². The van der Waals surface area contributed by atoms with Crippen LogP contribution < -0.4 is 0 Å². The minimum Gasteiger partial charge on any atom is -0.468 e. The number of benzene rings is 2. The maximum absolute atomic E-state index is 13.5. The van der Waals surface area contributed by atoms with Crippen LogP contribution in [0.1, 0.15) is 36.5 Å². The molecule has 32 heavy (non-hydrogen) atoms. The van der Waals surface area contributed by atoms with E-state index in [9.17, 15) is 14.9 Å². The molecule has 0 bridgehead atoms. The van der Waals surface area contributed by atoms with Crippen LogP contribution in [-0.2, 0) is 19.1 Å². The summed E-state index contributed by atoms with van der Waals surface area (Å²) in [6, 6.07) is 18.9. The fourth-order valence-electron chi connectivity index (χ4n) is 4.84. The van der Waals surface area contributed by atoms with Crippen LogP contribution in [0.15, 0.2) is 60.8 Å². The minimum atomic E-state index is -1.37. The van der Waals surface area contributed by atoms with Gasteiger partial charge >= 0.3 is 11.9 Å². The Morgan fingerprint density at radius 2 is 1.84 bits per heavy atom. The van der Waals surface area contributed by atoms with Gasteiger partial charge in [-0.2, -0.15) is 5.26 Å². The van der Waals surface area contributed by atoms with E-state index in [0.29, 0.717) is 5.57 Å². The second kappa shape index (κ2) is 8.72. The molecule has 0 aromatic heterocycles. The molecular formula is C26H24N2O4. The molecule has 162 valence electrons. The average molecular weight is 428 g/mol. The standard InChI is InChI=1S/C26H24N2O4/c1-3-32-22(29)17-21-26(14-15-27,25(30)31-2)23(19-10-5-4-6-11-19)24-20-12-8-7-9-18(20)13-16-28(21)24/h4-13,16,21H,3,14,17H2,1-2H3/t21-,26+/m0/s1. The number of methoxy groups -OCH3 is 1. The summed E-state index contributed by atoms with van der Waals surface area (Å²) in [6.45, 7) is 1.98. The molecule has 6 nitrogen and oxygen atoms in total. The van der Waals surface area contributed by atoms with Crippen molar-refractivity contribution in [3.8, 4) is 6.07 Å². The molecule has 0 unspecified atom stereocenters. The lowest BCUT2D eigenvalue weighted by Crippen LogP contribution is -2.47. The highest BCUT2D eigenvalue weighted by Gasteiger charge is 2.59. The Labute approximate surface area is 187 Å². The van der Waals surface area contributed by atoms with E-state index in [4.69, 9.17) is 9.47 Å². The minimum absolute atomic E-state index is 0.0586. The molecule has 0 N–H and O–H groups in total. The van der Waals surface area contributed by atoms with Crippen molar-refractivity contribution in [3.05, 3.63) is 77.5 Å². The normalized spacial score (nSPS) is 20.9. The predicted octanol–water partition coefficient (Wildman–Crippen LogP) is 4.25. The number of carbonyl (C=O) groups excluding carboxylic acids is 2. The third-order valence-corrected chi connectivity index (χ3v) is 6.11. The van der Waals surface area contributed by atoms with Gasteiger partial charge < -0.3 is 14.4 Å². The average Bonchev–Trinajstić information content (AvgIpc) is 3.10. The highest BCUT2D eigenvalue weighted by Crippen LogP contribution is 2.57. The van der Waals surface area contributed by atoms with Crippen molar-refractivity contribution in [1.82, 2.24) is 4.90 Å². The van der Waals surface area contributed by atoms with E-state index in [0.717, 1.165) is 22.4 Å². The van der Waals surface area contributed by atoms with Crippen molar-refractivity contribution < 1.29 is 19.1 Å². The lowest BCUT2D eigenvalue weighted by atomic mass is 9.69. The summed E-state index contributed by atoms with van der Waals surface area (Å²) < 4.78 is 10.5. The van der Waals surface area contributed by atoms with Gasteiger partial charge in [-0.05, 0) is 24.1 Å². The highest BCUT2D eigenvalue weighted by molar-refractivity contribution is 6.08. The quantitative estimate of drug-likeness (QED) is 0.640. The number of nitrogens with zero attached hydrogens (tertiary/aromatic N) is 2. The first-order valence-corrected chi connectivity index (χ1v) is 10.6. The second-order valence-electron chi connectivity index (χ2n) is 7.72. The van der Waals surface area contributed by atoms with Crippen molar-refractivity contribution >= 4 is 29.3 Å². The van der Waals surface area contributed by atoms with Crippen molar-refractivity contribution in [2.75, 3.05) is 13.7 Å². The molecule has 6 heteroatoms. The zero-order chi connectivity index (χ0) is 22.7. The number of ether oxygens (including phenoxy) is 2. The molecule has 2 atom stereocenters. The first-order valence-electron chi connectivity index (χ1n) is 10.6. The fourth-order valence-corrected chi connectivity index (χ4v) is 4.84. The monoisotopic (exact) mass is 428 g/mol. The number of fused-ring (bicyclic) bond motifs is 3. The van der Waals surface area contributed by atoms with Crippen LogP contribution in [0.4, 0.5) is 0 Å². The van der Waals surface area contributed by atoms with E-state index in [2.05, 4.69) is 6.07 Å². The Balaban J connectivity index is 2.05. The number of esters is 2. The van der Waals surface area contributed by atoms with Gasteiger partial charge in [-0.3, -0.25) is 9.59 Å². The van der Waals surface area contributed by atoms with Gasteiger partial charge in [0.2, 0.25) is 0 Å². The van der Waals surface area contributed by atoms with Gasteiger partial charge in [-0.1, -0.05) is 54.6 Å². The number of rotatable bonds is 6. The summed E-state index contributed by atoms with van der Waals surface area (Å²) >= 11 is 0. The Morgan fingerprint density at radius 1 is 1.12 bits per heavy atom. The summed E-state index contributed by atoms with van der Waals surface area (Å²) in [7, 11) is 1.32. The SMILES string of the molecule is CCOC(=O)C[C@@H]1N2C=Cc3ccccc3C2=C(c2ccccc2)[C@]1(CC#N)C(=O)OC. The summed E-state index contributed by atoms with van der Waals surface area (Å²) in [5.41, 5.74) is 2.88. The maximum Gasteiger partial charge on any atom is 0.319 e. The third kappa shape index (κ3) is 3.27. The van der Waals surface area contributed by atoms with Gasteiger partial charge in [0.05, 0.1) is 44.4 Å². The van der Waals surface area contributed by atoms with Crippen molar-refractivity contribution in [3.63, 3.8) is 0 Å². The molecule has 0 amide bonds. The van der Waals surface area contributed by atoms with E-state index >= 15 is 0 Å². The van der Waals surface area contributed by atoms with Crippen LogP contribution in [0.25, 0.3) is 17.3 Å². The lowest BCUT2D eigenvalue weighted by Gasteiger charge is -2.36. The van der Waals surface area contributed by atoms with Gasteiger partial charge in [0.1, 0.15) is 5.41 Å². The van der Waals surface area contributed by atoms with E-state index in [1.165, 1.54) is 7.11 Å². The van der Waals surface area contributed by atoms with Crippen LogP contribution in [0.5, 0.6) is 0 Å². The summed E-state index contributed by atoms with van der Waals surface area (Å²) in [6.07, 6.45) is 3.65. The van der Waals surface area contributed by atoms with E-state index in [-0.39, 0.29) is 19.4 Å². The molecule has 0 fully saturated rings. The smallest absolute Gasteiger partial charge is 0.319 e. The van der Waals surface area contributed by atoms with Crippen LogP contribution in [0, 0.1) is 16.7 Å². The molecule has 0 radical (unpaired) electrons. The molecule has 2 aromatic carbocycles. The first-order chi connectivity index (χ1) is 15.6. The van der Waals surface area contributed by atoms with Crippen molar-refractivity contribution in [2.45, 2.75) is 25.8 Å². The molecule has 4 rings (SSSR count). The Bertz CT molecular complexity index is 1150. The number of carbonyl (C=O) groups is 2. The molecule has 0 spiro atoms. The molecule has 2 aliphatic rings. The van der Waals surface area contributed by atoms with Gasteiger partial charge in [0.25, 0.3) is 0 Å². The van der Waals surface area contributed by atoms with Crippen LogP contribution in [0.3, 0.4) is 0 Å². The zero-order valence-electron chi connectivity index (χ0n) is 18.1. The van der Waals surface area contributed by atoms with Crippen LogP contribution in [0.2, 0.25) is 0 Å². The fraction of sp³-hybridized carbons (Fsp3) is 0.269. The maximum atomic E-state index is 13.5. The van der Waals surface area contributed by atoms with E-state index < -0.39 is 23.4 Å². The van der Waals surface area contributed by atoms with E-state index in [1.807, 2.05) is 71.8 Å². The molecule has 2 heterocycles. The van der Waals surface area contributed by atoms with Crippen molar-refractivity contribution in [2.24, 2.45) is 5.41 Å². The number of nitriles is 1. The zero-order valence-corrected chi connectivity index (χ0v) is 18.1. The van der Waals surface area contributed by atoms with Gasteiger partial charge in [0, 0.05) is 17.3 Å². The largest absolute Gasteiger partial charge is 0.468 e. The summed E-state index contributed by atoms with van der Waals surface area (Å²) in [5, 5.41) is 9.85. The molecule has 2 aliphatic heterocycles. The Hall–Kier alpha value is -3.85. The molecule has 2 aromatic rings. The van der Waals surface area contributed by atoms with E-state index in [1.54, 1.807) is 6.92 Å². The highest BCUT2D eigenvalue weighted by atomic mass is 16.5. The third-order valence-electron chi connectivity index (χ3n) is 6.11. The second-order valence-corrected chi connectivity index (χ2v) is 7.72. The molecule has 0 saturated carbocycles. The van der Waals surface area contributed by atoms with Crippen molar-refractivity contribution in [1.29, 1.82) is 5.26 Å². The molecule has 0 aliphatic carbocycles. The Kier molecular flexibility index (Phi) is 5.83. The first kappa shape index (κ1) is 21.4. The predicted molar refractivity (Wildman–Crippen MR) is 120 cm³/mol. The van der Waals surface area contributed by atoms with Crippen LogP contribution in [-0.4, -0.2) is 36.6 Å². The van der Waals surface area contributed by atoms with Gasteiger partial charge in [-0.15, -0.1) is 0 Å². The van der Waals surface area contributed by atoms with Gasteiger partial charge in [0.15, 0.2) is 0 Å². The molecule has 0 saturated heterocycles. The van der Waals surface area contributed by atoms with Gasteiger partial charge in [-0.25, -0.2) is 0 Å². The Morgan fingerprint density at radius 3 is 2.53 bits per heavy atom. The number of hydrogen-bond donors (Lipinski definition) is 0. The number of hydrogen-bond acceptors (Lipinski definition) is 6. The summed E-state index contributed by atoms with van der Waals surface area (Å²) in [5.74, 6) is -0.968. The summed E-state index contributed by atoms with van der Waals surface area (Å²) in [4.78, 5) is 28.1.